The Labute approximate surface area is 136 Å². The molecule has 0 aliphatic rings. The number of aromatic nitrogens is 4. The van der Waals surface area contributed by atoms with E-state index in [1.165, 1.54) is 4.68 Å². The fourth-order valence-electron chi connectivity index (χ4n) is 2.47. The monoisotopic (exact) mass is 327 g/mol. The number of benzene rings is 2. The summed E-state index contributed by atoms with van der Waals surface area (Å²) in [6, 6.07) is 15.2. The highest BCUT2D eigenvalue weighted by Gasteiger charge is 2.21. The molecule has 0 radical (unpaired) electrons. The van der Waals surface area contributed by atoms with E-state index in [-0.39, 0.29) is 0 Å². The van der Waals surface area contributed by atoms with Crippen LogP contribution in [0.1, 0.15) is 0 Å². The predicted molar refractivity (Wildman–Crippen MR) is 86.9 cm³/mol. The van der Waals surface area contributed by atoms with E-state index in [1.54, 1.807) is 4.52 Å². The average molecular weight is 328 g/mol. The Bertz CT molecular complexity index is 1010. The predicted octanol–water partition coefficient (Wildman–Crippen LogP) is 2.11. The molecule has 2 heterocycles. The van der Waals surface area contributed by atoms with Crippen molar-refractivity contribution in [2.24, 2.45) is 0 Å². The van der Waals surface area contributed by atoms with Gasteiger partial charge in [-0.2, -0.15) is 4.68 Å². The summed E-state index contributed by atoms with van der Waals surface area (Å²) in [5, 5.41) is 6.20. The van der Waals surface area contributed by atoms with Gasteiger partial charge in [-0.1, -0.05) is 28.2 Å². The molecule has 0 amide bonds. The Morgan fingerprint density at radius 3 is 2.59 bits per heavy atom. The molecule has 2 aromatic carbocycles. The van der Waals surface area contributed by atoms with Crippen molar-refractivity contribution in [2.45, 2.75) is 5.16 Å². The van der Waals surface area contributed by atoms with E-state index in [4.69, 9.17) is 35.1 Å². The minimum Gasteiger partial charge on any atom is -0.701 e. The number of rotatable bonds is 1. The molecular weight excluding hydrogens is 318 g/mol. The van der Waals surface area contributed by atoms with Gasteiger partial charge in [-0.3, -0.25) is 5.84 Å². The molecule has 0 aliphatic heterocycles. The largest absolute Gasteiger partial charge is 0.701 e. The molecule has 0 aliphatic carbocycles. The number of halogens is 1. The highest BCUT2D eigenvalue weighted by molar-refractivity contribution is 7.58. The van der Waals surface area contributed by atoms with Crippen molar-refractivity contribution >= 4 is 40.8 Å². The molecule has 0 spiro atoms. The third-order valence-corrected chi connectivity index (χ3v) is 4.03. The highest BCUT2D eigenvalue weighted by Crippen LogP contribution is 2.24. The van der Waals surface area contributed by atoms with Gasteiger partial charge in [-0.25, -0.2) is 4.98 Å². The van der Waals surface area contributed by atoms with Gasteiger partial charge in [0.15, 0.2) is 5.16 Å². The number of fused-ring (bicyclic) bond motifs is 3. The van der Waals surface area contributed by atoms with Crippen LogP contribution >= 0.6 is 11.6 Å². The molecule has 22 heavy (non-hydrogen) atoms. The molecule has 0 atom stereocenters. The summed E-state index contributed by atoms with van der Waals surface area (Å²) >= 11 is 11.2. The zero-order valence-electron chi connectivity index (χ0n) is 11.3. The lowest BCUT2D eigenvalue weighted by atomic mass is 10.2. The molecular formula is C15H10ClN5S. The van der Waals surface area contributed by atoms with Crippen LogP contribution in [-0.4, -0.2) is 14.6 Å². The summed E-state index contributed by atoms with van der Waals surface area (Å²) in [6.07, 6.45) is 0. The molecule has 108 valence electrons. The van der Waals surface area contributed by atoms with Crippen LogP contribution in [0.2, 0.25) is 5.02 Å². The van der Waals surface area contributed by atoms with Crippen LogP contribution in [0.15, 0.2) is 53.7 Å². The topological polar surface area (TPSA) is 60.1 Å². The summed E-state index contributed by atoms with van der Waals surface area (Å²) in [5.41, 5.74) is 2.42. The third kappa shape index (κ3) is 1.88. The minimum absolute atomic E-state index is 0.299. The van der Waals surface area contributed by atoms with E-state index in [9.17, 15) is 0 Å². The molecule has 7 heteroatoms. The van der Waals surface area contributed by atoms with Gasteiger partial charge in [0.2, 0.25) is 5.82 Å². The molecule has 0 bridgehead atoms. The summed E-state index contributed by atoms with van der Waals surface area (Å²) in [7, 11) is 0. The highest BCUT2D eigenvalue weighted by atomic mass is 35.5. The lowest BCUT2D eigenvalue weighted by Gasteiger charge is -2.03. The van der Waals surface area contributed by atoms with Crippen molar-refractivity contribution in [1.82, 2.24) is 14.6 Å². The van der Waals surface area contributed by atoms with Gasteiger partial charge in [-0.15, -0.1) is 0 Å². The fourth-order valence-corrected chi connectivity index (χ4v) is 2.77. The zero-order chi connectivity index (χ0) is 15.3. The maximum absolute atomic E-state index is 6.06. The number of para-hydroxylation sites is 1. The van der Waals surface area contributed by atoms with E-state index >= 15 is 0 Å². The van der Waals surface area contributed by atoms with E-state index < -0.39 is 0 Å². The van der Waals surface area contributed by atoms with Crippen LogP contribution < -0.4 is 10.5 Å². The standard InChI is InChI=1S/C15H10ClN5S/c16-10-7-5-9(6-8-10)13-18-12-4-2-1-3-11(12)14-20(17)15(22)19-21(13)14/h1-8H,17H2. The first-order valence-corrected chi connectivity index (χ1v) is 7.35. The quantitative estimate of drug-likeness (QED) is 0.330. The number of nitrogen functional groups attached to an aromatic ring is 1. The average Bonchev–Trinajstić information content (AvgIpc) is 2.83. The van der Waals surface area contributed by atoms with Gasteiger partial charge in [0.05, 0.1) is 10.9 Å². The van der Waals surface area contributed by atoms with Gasteiger partial charge < -0.3 is 12.6 Å². The van der Waals surface area contributed by atoms with Crippen molar-refractivity contribution in [3.8, 4) is 11.4 Å². The molecule has 0 unspecified atom stereocenters. The Kier molecular flexibility index (Phi) is 2.88. The Morgan fingerprint density at radius 1 is 1.09 bits per heavy atom. The van der Waals surface area contributed by atoms with Crippen LogP contribution in [0.25, 0.3) is 27.9 Å². The minimum atomic E-state index is 0.299. The van der Waals surface area contributed by atoms with Gasteiger partial charge in [-0.05, 0) is 36.4 Å². The van der Waals surface area contributed by atoms with Crippen molar-refractivity contribution in [3.63, 3.8) is 0 Å². The lowest BCUT2D eigenvalue weighted by Crippen LogP contribution is -2.46. The molecule has 2 aromatic heterocycles. The summed E-state index contributed by atoms with van der Waals surface area (Å²) in [5.74, 6) is 6.72. The Hall–Kier alpha value is -2.44. The van der Waals surface area contributed by atoms with E-state index in [1.807, 2.05) is 48.5 Å². The Balaban J connectivity index is 2.17. The molecule has 4 rings (SSSR count). The van der Waals surface area contributed by atoms with Crippen LogP contribution in [0.5, 0.6) is 0 Å². The van der Waals surface area contributed by atoms with Gasteiger partial charge >= 0.3 is 0 Å². The molecule has 5 nitrogen and oxygen atoms in total. The number of hydrogen-bond acceptors (Lipinski definition) is 4. The second kappa shape index (κ2) is 4.79. The summed E-state index contributed by atoms with van der Waals surface area (Å²) < 4.78 is 3.08. The van der Waals surface area contributed by atoms with E-state index in [2.05, 4.69) is 5.10 Å². The van der Waals surface area contributed by atoms with Crippen molar-refractivity contribution in [3.05, 3.63) is 53.6 Å². The molecule has 0 fully saturated rings. The van der Waals surface area contributed by atoms with E-state index in [0.717, 1.165) is 16.5 Å². The maximum atomic E-state index is 6.06. The number of hydrogen-bond donors (Lipinski definition) is 1. The second-order valence-electron chi connectivity index (χ2n) is 4.85. The maximum Gasteiger partial charge on any atom is 0.297 e. The molecule has 0 saturated heterocycles. The zero-order valence-corrected chi connectivity index (χ0v) is 12.8. The summed E-state index contributed by atoms with van der Waals surface area (Å²) in [6.45, 7) is 0. The van der Waals surface area contributed by atoms with Gasteiger partial charge in [0.1, 0.15) is 0 Å². The van der Waals surface area contributed by atoms with Gasteiger partial charge in [0, 0.05) is 15.7 Å². The van der Waals surface area contributed by atoms with Crippen LogP contribution in [0.3, 0.4) is 0 Å². The first-order chi connectivity index (χ1) is 10.6. The number of nitrogens with zero attached hydrogens (tertiary/aromatic N) is 4. The van der Waals surface area contributed by atoms with Crippen molar-refractivity contribution in [1.29, 1.82) is 0 Å². The van der Waals surface area contributed by atoms with Crippen LogP contribution in [0, 0.1) is 0 Å². The first-order valence-electron chi connectivity index (χ1n) is 6.57. The second-order valence-corrected chi connectivity index (χ2v) is 5.65. The first kappa shape index (κ1) is 13.2. The lowest BCUT2D eigenvalue weighted by molar-refractivity contribution is -0.651. The molecule has 2 N–H and O–H groups in total. The van der Waals surface area contributed by atoms with Crippen molar-refractivity contribution < 1.29 is 4.68 Å². The summed E-state index contributed by atoms with van der Waals surface area (Å²) in [4.78, 5) is 4.70. The van der Waals surface area contributed by atoms with Gasteiger partial charge in [0.25, 0.3) is 5.65 Å². The number of nitrogens with two attached hydrogens (primary N) is 1. The SMILES string of the molecule is N[n+]1c([S-])nn2c(-c3ccc(Cl)cc3)nc3ccccc3c21. The van der Waals surface area contributed by atoms with E-state index in [0.29, 0.717) is 21.7 Å². The normalized spacial score (nSPS) is 11.3. The molecule has 4 aromatic rings. The molecule has 0 saturated carbocycles. The van der Waals surface area contributed by atoms with Crippen LogP contribution in [0.4, 0.5) is 0 Å². The van der Waals surface area contributed by atoms with Crippen molar-refractivity contribution in [2.75, 3.05) is 5.84 Å². The third-order valence-electron chi connectivity index (χ3n) is 3.49. The smallest absolute Gasteiger partial charge is 0.297 e. The van der Waals surface area contributed by atoms with Crippen LogP contribution in [-0.2, 0) is 12.6 Å². The Morgan fingerprint density at radius 2 is 1.82 bits per heavy atom. The fraction of sp³-hybridized carbons (Fsp3) is 0.